The molecule has 1 amide bonds. The van der Waals surface area contributed by atoms with Gasteiger partial charge in [-0.05, 0) is 92.7 Å². The predicted molar refractivity (Wildman–Crippen MR) is 168 cm³/mol. The van der Waals surface area contributed by atoms with Gasteiger partial charge in [-0.25, -0.2) is 4.72 Å². The highest BCUT2D eigenvalue weighted by atomic mass is 32.2. The van der Waals surface area contributed by atoms with Crippen LogP contribution in [0.5, 0.6) is 5.75 Å². The maximum Gasteiger partial charge on any atom is 0.303 e. The molecule has 1 fully saturated rings. The fraction of sp³-hybridized carbons (Fsp3) is 0.455. The minimum Gasteiger partial charge on any atom is -0.497 e. The van der Waals surface area contributed by atoms with E-state index in [1.807, 2.05) is 36.2 Å². The van der Waals surface area contributed by atoms with Gasteiger partial charge in [0.1, 0.15) is 5.75 Å². The molecule has 0 unspecified atom stereocenters. The number of carbonyl (C=O) groups excluding carboxylic acids is 2. The molecular weight excluding hydrogens is 564 g/mol. The molecule has 3 aliphatic rings. The molecule has 1 aromatic heterocycles. The van der Waals surface area contributed by atoms with Gasteiger partial charge in [-0.2, -0.15) is 12.7 Å². The zero-order chi connectivity index (χ0) is 30.3. The van der Waals surface area contributed by atoms with Crippen molar-refractivity contribution in [2.75, 3.05) is 40.8 Å². The van der Waals surface area contributed by atoms with Crippen LogP contribution in [0.15, 0.2) is 42.0 Å². The number of ketones is 1. The summed E-state index contributed by atoms with van der Waals surface area (Å²) in [5, 5.41) is 1.05. The van der Waals surface area contributed by atoms with Crippen molar-refractivity contribution < 1.29 is 22.7 Å². The summed E-state index contributed by atoms with van der Waals surface area (Å²) >= 11 is 0. The molecule has 3 aromatic rings. The third-order valence-electron chi connectivity index (χ3n) is 9.22. The topological polar surface area (TPSA) is 101 Å². The quantitative estimate of drug-likeness (QED) is 0.444. The van der Waals surface area contributed by atoms with Gasteiger partial charge in [-0.1, -0.05) is 25.3 Å². The molecule has 43 heavy (non-hydrogen) atoms. The lowest BCUT2D eigenvalue weighted by Crippen LogP contribution is -2.42. The largest absolute Gasteiger partial charge is 0.497 e. The predicted octanol–water partition coefficient (Wildman–Crippen LogP) is 4.96. The van der Waals surface area contributed by atoms with Crippen LogP contribution in [0, 0.1) is 0 Å². The molecule has 3 heterocycles. The summed E-state index contributed by atoms with van der Waals surface area (Å²) in [6.07, 6.45) is 9.01. The van der Waals surface area contributed by atoms with Crippen molar-refractivity contribution in [3.05, 3.63) is 58.7 Å². The van der Waals surface area contributed by atoms with Crippen LogP contribution in [-0.2, 0) is 21.5 Å². The number of amides is 1. The molecule has 0 atom stereocenters. The van der Waals surface area contributed by atoms with Crippen molar-refractivity contribution in [1.82, 2.24) is 18.5 Å². The zero-order valence-corrected chi connectivity index (χ0v) is 26.0. The van der Waals surface area contributed by atoms with Gasteiger partial charge in [-0.3, -0.25) is 14.5 Å². The van der Waals surface area contributed by atoms with Crippen LogP contribution in [0.1, 0.15) is 72.3 Å². The molecule has 1 saturated carbocycles. The first-order chi connectivity index (χ1) is 20.7. The SMILES string of the molecule is COc1ccc2c(c1)C=C1Cn3c-2c(C2CCCCC2)c2ccc(cc23)C(=O)NS(=O)(=O)N(C)CCCCN(C)CC1=O. The first-order valence-corrected chi connectivity index (χ1v) is 16.7. The molecule has 9 nitrogen and oxygen atoms in total. The highest BCUT2D eigenvalue weighted by molar-refractivity contribution is 7.87. The average molecular weight is 605 g/mol. The second kappa shape index (κ2) is 11.9. The summed E-state index contributed by atoms with van der Waals surface area (Å²) < 4.78 is 37.2. The summed E-state index contributed by atoms with van der Waals surface area (Å²) in [6, 6.07) is 11.5. The zero-order valence-electron chi connectivity index (χ0n) is 25.2. The number of hydrogen-bond donors (Lipinski definition) is 1. The van der Waals surface area contributed by atoms with Gasteiger partial charge in [0, 0.05) is 41.2 Å². The van der Waals surface area contributed by atoms with Crippen molar-refractivity contribution in [1.29, 1.82) is 0 Å². The van der Waals surface area contributed by atoms with Crippen LogP contribution in [-0.4, -0.2) is 74.7 Å². The normalized spacial score (nSPS) is 20.9. The minimum absolute atomic E-state index is 0.0445. The molecule has 0 radical (unpaired) electrons. The Morgan fingerprint density at radius 3 is 2.44 bits per heavy atom. The molecule has 1 N–H and O–H groups in total. The van der Waals surface area contributed by atoms with Crippen LogP contribution < -0.4 is 9.46 Å². The number of benzene rings is 2. The van der Waals surface area contributed by atoms with Gasteiger partial charge in [0.25, 0.3) is 5.91 Å². The Morgan fingerprint density at radius 2 is 1.67 bits per heavy atom. The lowest BCUT2D eigenvalue weighted by atomic mass is 9.81. The molecule has 6 rings (SSSR count). The first-order valence-electron chi connectivity index (χ1n) is 15.2. The first kappa shape index (κ1) is 29.6. The van der Waals surface area contributed by atoms with Gasteiger partial charge in [-0.15, -0.1) is 0 Å². The Morgan fingerprint density at radius 1 is 0.907 bits per heavy atom. The fourth-order valence-electron chi connectivity index (χ4n) is 6.87. The summed E-state index contributed by atoms with van der Waals surface area (Å²) in [4.78, 5) is 29.2. The number of Topliss-reactive ketones (excluding diaryl/α,β-unsaturated/α-hetero) is 1. The Labute approximate surface area is 253 Å². The van der Waals surface area contributed by atoms with Gasteiger partial charge >= 0.3 is 10.2 Å². The van der Waals surface area contributed by atoms with Crippen molar-refractivity contribution in [3.63, 3.8) is 0 Å². The second-order valence-corrected chi connectivity index (χ2v) is 13.9. The van der Waals surface area contributed by atoms with Gasteiger partial charge in [0.15, 0.2) is 5.78 Å². The van der Waals surface area contributed by atoms with E-state index in [1.54, 1.807) is 19.2 Å². The maximum atomic E-state index is 13.9. The Balaban J connectivity index is 1.60. The Bertz CT molecular complexity index is 1720. The number of rotatable bonds is 2. The standard InChI is InChI=1S/C33H40N4O5S/c1-35-15-7-8-16-36(2)43(40,41)34-33(39)23-11-13-28-29(19-23)37-20-25(30(38)21-35)17-24-18-26(42-3)12-14-27(24)32(37)31(28)22-9-5-4-6-10-22/h11-14,17-19,22H,4-10,15-16,20-21H2,1-3H3,(H,34,39). The summed E-state index contributed by atoms with van der Waals surface area (Å²) in [7, 11) is 1.03. The average Bonchev–Trinajstić information content (AvgIpc) is 3.20. The highest BCUT2D eigenvalue weighted by Crippen LogP contribution is 2.47. The maximum absolute atomic E-state index is 13.9. The molecule has 2 aromatic carbocycles. The van der Waals surface area contributed by atoms with Crippen molar-refractivity contribution >= 4 is 38.9 Å². The van der Waals surface area contributed by atoms with Crippen LogP contribution >= 0.6 is 0 Å². The van der Waals surface area contributed by atoms with E-state index in [9.17, 15) is 18.0 Å². The number of carbonyl (C=O) groups is 2. The number of methoxy groups -OCH3 is 1. The van der Waals surface area contributed by atoms with Crippen molar-refractivity contribution in [3.8, 4) is 17.0 Å². The van der Waals surface area contributed by atoms with E-state index < -0.39 is 16.1 Å². The molecule has 1 aliphatic carbocycles. The van der Waals surface area contributed by atoms with E-state index in [0.717, 1.165) is 59.2 Å². The summed E-state index contributed by atoms with van der Waals surface area (Å²) in [5.41, 5.74) is 6.05. The number of hydrogen-bond acceptors (Lipinski definition) is 6. The smallest absolute Gasteiger partial charge is 0.303 e. The monoisotopic (exact) mass is 604 g/mol. The molecule has 228 valence electrons. The number of nitrogens with zero attached hydrogens (tertiary/aromatic N) is 3. The number of fused-ring (bicyclic) bond motifs is 4. The molecule has 2 aliphatic heterocycles. The van der Waals surface area contributed by atoms with Crippen LogP contribution in [0.2, 0.25) is 0 Å². The van der Waals surface area contributed by atoms with E-state index in [4.69, 9.17) is 4.74 Å². The number of ether oxygens (including phenoxy) is 1. The highest BCUT2D eigenvalue weighted by Gasteiger charge is 2.31. The van der Waals surface area contributed by atoms with Crippen molar-refractivity contribution in [2.24, 2.45) is 0 Å². The number of likely N-dealkylation sites (N-methyl/N-ethyl adjacent to an activating group) is 1. The van der Waals surface area contributed by atoms with Gasteiger partial charge in [0.2, 0.25) is 0 Å². The molecule has 0 spiro atoms. The van der Waals surface area contributed by atoms with Gasteiger partial charge in [0.05, 0.1) is 25.9 Å². The number of aromatic nitrogens is 1. The van der Waals surface area contributed by atoms with E-state index in [2.05, 4.69) is 15.4 Å². The molecule has 4 bridgehead atoms. The van der Waals surface area contributed by atoms with Crippen LogP contribution in [0.25, 0.3) is 28.2 Å². The van der Waals surface area contributed by atoms with Crippen molar-refractivity contribution in [2.45, 2.75) is 57.4 Å². The van der Waals surface area contributed by atoms with E-state index in [-0.39, 0.29) is 24.4 Å². The van der Waals surface area contributed by atoms with E-state index in [1.165, 1.54) is 23.3 Å². The fourth-order valence-corrected chi connectivity index (χ4v) is 7.75. The van der Waals surface area contributed by atoms with Crippen LogP contribution in [0.4, 0.5) is 0 Å². The van der Waals surface area contributed by atoms with E-state index in [0.29, 0.717) is 37.4 Å². The summed E-state index contributed by atoms with van der Waals surface area (Å²) in [6.45, 7) is 1.53. The summed E-state index contributed by atoms with van der Waals surface area (Å²) in [5.74, 6) is 0.445. The number of nitrogens with one attached hydrogen (secondary N) is 1. The molecule has 0 saturated heterocycles. The third-order valence-corrected chi connectivity index (χ3v) is 10.7. The lowest BCUT2D eigenvalue weighted by Gasteiger charge is -2.24. The van der Waals surface area contributed by atoms with Gasteiger partial charge < -0.3 is 9.30 Å². The van der Waals surface area contributed by atoms with E-state index >= 15 is 0 Å². The Hall–Kier alpha value is -3.47. The Kier molecular flexibility index (Phi) is 8.19. The third kappa shape index (κ3) is 5.75. The molecular formula is C33H40N4O5S. The molecule has 10 heteroatoms. The minimum atomic E-state index is -4.01. The lowest BCUT2D eigenvalue weighted by molar-refractivity contribution is -0.116. The second-order valence-electron chi connectivity index (χ2n) is 12.2. The van der Waals surface area contributed by atoms with Crippen LogP contribution in [0.3, 0.4) is 0 Å².